The minimum atomic E-state index is -1.09. The van der Waals surface area contributed by atoms with Gasteiger partial charge in [0, 0.05) is 15.1 Å². The van der Waals surface area contributed by atoms with E-state index in [1.807, 2.05) is 0 Å². The molecule has 0 aliphatic rings. The first-order valence-electron chi connectivity index (χ1n) is 4.29. The van der Waals surface area contributed by atoms with Gasteiger partial charge in [0.2, 0.25) is 0 Å². The maximum Gasteiger partial charge on any atom is 0.309 e. The Morgan fingerprint density at radius 3 is 2.60 bits per heavy atom. The summed E-state index contributed by atoms with van der Waals surface area (Å²) in [7, 11) is 0. The first kappa shape index (κ1) is 12.5. The van der Waals surface area contributed by atoms with Crippen LogP contribution in [0.2, 0.25) is 5.02 Å². The van der Waals surface area contributed by atoms with Crippen molar-refractivity contribution < 1.29 is 15.0 Å². The highest BCUT2D eigenvalue weighted by Gasteiger charge is 2.24. The summed E-state index contributed by atoms with van der Waals surface area (Å²) in [5.41, 5.74) is 0.426. The molecule has 0 saturated heterocycles. The molecule has 0 spiro atoms. The number of hydrogen-bond donors (Lipinski definition) is 2. The van der Waals surface area contributed by atoms with Gasteiger partial charge in [-0.2, -0.15) is 0 Å². The molecule has 1 aromatic carbocycles. The van der Waals surface area contributed by atoms with Crippen LogP contribution in [-0.2, 0) is 4.79 Å². The van der Waals surface area contributed by atoms with E-state index in [1.165, 1.54) is 6.92 Å². The molecule has 15 heavy (non-hydrogen) atoms. The summed E-state index contributed by atoms with van der Waals surface area (Å²) in [4.78, 5) is 10.7. The fourth-order valence-corrected chi connectivity index (χ4v) is 1.93. The number of benzene rings is 1. The van der Waals surface area contributed by atoms with E-state index in [4.69, 9.17) is 16.7 Å². The van der Waals surface area contributed by atoms with Crippen LogP contribution in [0.5, 0.6) is 0 Å². The Kier molecular flexibility index (Phi) is 4.13. The molecule has 0 fully saturated rings. The summed E-state index contributed by atoms with van der Waals surface area (Å²) in [6.45, 7) is 1.44. The number of carboxylic acids is 1. The van der Waals surface area contributed by atoms with Crippen LogP contribution >= 0.6 is 27.5 Å². The quantitative estimate of drug-likeness (QED) is 0.901. The van der Waals surface area contributed by atoms with Gasteiger partial charge in [-0.15, -0.1) is 0 Å². The minimum absolute atomic E-state index is 0.352. The van der Waals surface area contributed by atoms with Crippen LogP contribution in [0.1, 0.15) is 18.6 Å². The Morgan fingerprint density at radius 1 is 1.53 bits per heavy atom. The zero-order valence-electron chi connectivity index (χ0n) is 7.95. The number of aliphatic hydroxyl groups is 1. The van der Waals surface area contributed by atoms with E-state index in [1.54, 1.807) is 18.2 Å². The van der Waals surface area contributed by atoms with Gasteiger partial charge in [0.1, 0.15) is 0 Å². The van der Waals surface area contributed by atoms with E-state index < -0.39 is 18.0 Å². The summed E-state index contributed by atoms with van der Waals surface area (Å²) in [5.74, 6) is -1.94. The first-order valence-corrected chi connectivity index (χ1v) is 5.46. The topological polar surface area (TPSA) is 57.5 Å². The lowest BCUT2D eigenvalue weighted by Gasteiger charge is -2.16. The van der Waals surface area contributed by atoms with Crippen molar-refractivity contribution in [3.63, 3.8) is 0 Å². The third-order valence-corrected chi connectivity index (χ3v) is 2.96. The number of aliphatic carboxylic acids is 1. The predicted molar refractivity (Wildman–Crippen MR) is 60.9 cm³/mol. The molecule has 2 atom stereocenters. The third-order valence-electron chi connectivity index (χ3n) is 2.14. The van der Waals surface area contributed by atoms with Crippen molar-refractivity contribution >= 4 is 33.5 Å². The van der Waals surface area contributed by atoms with E-state index in [-0.39, 0.29) is 0 Å². The summed E-state index contributed by atoms with van der Waals surface area (Å²) >= 11 is 9.12. The maximum atomic E-state index is 10.7. The van der Waals surface area contributed by atoms with E-state index >= 15 is 0 Å². The van der Waals surface area contributed by atoms with Gasteiger partial charge in [-0.3, -0.25) is 4.79 Å². The normalized spacial score (nSPS) is 14.7. The highest BCUT2D eigenvalue weighted by atomic mass is 79.9. The van der Waals surface area contributed by atoms with E-state index in [0.717, 1.165) is 4.47 Å². The highest BCUT2D eigenvalue weighted by molar-refractivity contribution is 9.10. The molecule has 5 heteroatoms. The van der Waals surface area contributed by atoms with Crippen molar-refractivity contribution in [2.45, 2.75) is 13.0 Å². The van der Waals surface area contributed by atoms with Gasteiger partial charge in [-0.05, 0) is 19.1 Å². The van der Waals surface area contributed by atoms with Gasteiger partial charge in [-0.25, -0.2) is 0 Å². The van der Waals surface area contributed by atoms with Crippen LogP contribution in [0, 0.1) is 5.92 Å². The monoisotopic (exact) mass is 292 g/mol. The summed E-state index contributed by atoms with van der Waals surface area (Å²) in [5, 5.41) is 18.8. The van der Waals surface area contributed by atoms with Gasteiger partial charge < -0.3 is 10.2 Å². The lowest BCUT2D eigenvalue weighted by molar-refractivity contribution is -0.145. The van der Waals surface area contributed by atoms with Crippen LogP contribution in [0.15, 0.2) is 22.7 Å². The molecule has 1 rings (SSSR count). The molecule has 3 nitrogen and oxygen atoms in total. The number of aliphatic hydroxyl groups excluding tert-OH is 1. The molecule has 0 aliphatic carbocycles. The lowest BCUT2D eigenvalue weighted by atomic mass is 9.98. The average molecular weight is 294 g/mol. The molecule has 2 N–H and O–H groups in total. The molecule has 0 aromatic heterocycles. The van der Waals surface area contributed by atoms with Crippen LogP contribution in [-0.4, -0.2) is 16.2 Å². The molecule has 0 aliphatic heterocycles. The summed E-state index contributed by atoms with van der Waals surface area (Å²) in [6.07, 6.45) is -1.09. The standard InChI is InChI=1S/C10H10BrClO3/c1-5(10(14)15)9(13)7-3-2-6(11)4-8(7)12/h2-5,9,13H,1H3,(H,14,15). The Balaban J connectivity index is 3.01. The highest BCUT2D eigenvalue weighted by Crippen LogP contribution is 2.30. The fourth-order valence-electron chi connectivity index (χ4n) is 1.15. The van der Waals surface area contributed by atoms with Crippen molar-refractivity contribution in [1.82, 2.24) is 0 Å². The van der Waals surface area contributed by atoms with Gasteiger partial charge in [0.15, 0.2) is 0 Å². The second-order valence-corrected chi connectivity index (χ2v) is 4.56. The SMILES string of the molecule is CC(C(=O)O)C(O)c1ccc(Br)cc1Cl. The molecular weight excluding hydrogens is 283 g/mol. The zero-order valence-corrected chi connectivity index (χ0v) is 10.3. The molecule has 0 heterocycles. The summed E-state index contributed by atoms with van der Waals surface area (Å²) < 4.78 is 0.784. The van der Waals surface area contributed by atoms with Crippen LogP contribution in [0.3, 0.4) is 0 Å². The van der Waals surface area contributed by atoms with Gasteiger partial charge in [-0.1, -0.05) is 33.6 Å². The molecule has 0 radical (unpaired) electrons. The number of halogens is 2. The Labute approximate surface area is 101 Å². The second-order valence-electron chi connectivity index (χ2n) is 3.24. The van der Waals surface area contributed by atoms with Crippen molar-refractivity contribution in [1.29, 1.82) is 0 Å². The number of carbonyl (C=O) groups is 1. The van der Waals surface area contributed by atoms with Crippen LogP contribution in [0.25, 0.3) is 0 Å². The maximum absolute atomic E-state index is 10.7. The largest absolute Gasteiger partial charge is 0.481 e. The third kappa shape index (κ3) is 2.93. The van der Waals surface area contributed by atoms with Gasteiger partial charge in [0.25, 0.3) is 0 Å². The van der Waals surface area contributed by atoms with Crippen molar-refractivity contribution in [3.8, 4) is 0 Å². The predicted octanol–water partition coefficient (Wildman–Crippen LogP) is 2.86. The van der Waals surface area contributed by atoms with Gasteiger partial charge in [0.05, 0.1) is 12.0 Å². The van der Waals surface area contributed by atoms with Crippen molar-refractivity contribution in [2.24, 2.45) is 5.92 Å². The first-order chi connectivity index (χ1) is 6.93. The summed E-state index contributed by atoms with van der Waals surface area (Å²) in [6, 6.07) is 4.93. The zero-order chi connectivity index (χ0) is 11.6. The smallest absolute Gasteiger partial charge is 0.309 e. The minimum Gasteiger partial charge on any atom is -0.481 e. The lowest BCUT2D eigenvalue weighted by Crippen LogP contribution is -2.18. The average Bonchev–Trinajstić information content (AvgIpc) is 2.15. The van der Waals surface area contributed by atoms with E-state index in [2.05, 4.69) is 15.9 Å². The van der Waals surface area contributed by atoms with Crippen LogP contribution in [0.4, 0.5) is 0 Å². The Hall–Kier alpha value is -0.580. The molecule has 82 valence electrons. The Morgan fingerprint density at radius 2 is 2.13 bits per heavy atom. The number of hydrogen-bond acceptors (Lipinski definition) is 2. The van der Waals surface area contributed by atoms with Crippen molar-refractivity contribution in [3.05, 3.63) is 33.3 Å². The van der Waals surface area contributed by atoms with Crippen molar-refractivity contribution in [2.75, 3.05) is 0 Å². The molecule has 0 bridgehead atoms. The van der Waals surface area contributed by atoms with Gasteiger partial charge >= 0.3 is 5.97 Å². The number of carboxylic acid groups (broad SMARTS) is 1. The molecule has 1 aromatic rings. The fraction of sp³-hybridized carbons (Fsp3) is 0.300. The Bertz CT molecular complexity index is 381. The molecule has 2 unspecified atom stereocenters. The van der Waals surface area contributed by atoms with Crippen LogP contribution < -0.4 is 0 Å². The second kappa shape index (κ2) is 4.96. The van der Waals surface area contributed by atoms with E-state index in [0.29, 0.717) is 10.6 Å². The molecular formula is C10H10BrClO3. The van der Waals surface area contributed by atoms with E-state index in [9.17, 15) is 9.90 Å². The number of rotatable bonds is 3. The molecule has 0 saturated carbocycles. The molecule has 0 amide bonds.